The third kappa shape index (κ3) is 5.97. The van der Waals surface area contributed by atoms with Crippen molar-refractivity contribution in [3.8, 4) is 0 Å². The van der Waals surface area contributed by atoms with Gasteiger partial charge in [0.15, 0.2) is 0 Å². The molecule has 5 nitrogen and oxygen atoms in total. The quantitative estimate of drug-likeness (QED) is 0.695. The molecule has 0 saturated carbocycles. The molecule has 2 aliphatic heterocycles. The van der Waals surface area contributed by atoms with Crippen molar-refractivity contribution >= 4 is 41.1 Å². The van der Waals surface area contributed by atoms with Crippen LogP contribution in [-0.2, 0) is 9.59 Å². The molecule has 2 amide bonds. The Bertz CT molecular complexity index is 722. The second kappa shape index (κ2) is 10.3. The fourth-order valence-corrected chi connectivity index (χ4v) is 3.93. The maximum atomic E-state index is 12.5. The SMILES string of the molecule is O=C(C=Cc1ccc(Cl)c(Cl)c1)N1CCN(CC(=O)N2CCCCCC2)CC1. The lowest BCUT2D eigenvalue weighted by Gasteiger charge is -2.34. The molecule has 0 N–H and O–H groups in total. The van der Waals surface area contributed by atoms with E-state index < -0.39 is 0 Å². The van der Waals surface area contributed by atoms with E-state index in [2.05, 4.69) is 4.90 Å². The van der Waals surface area contributed by atoms with E-state index in [0.29, 0.717) is 29.7 Å². The maximum Gasteiger partial charge on any atom is 0.246 e. The molecule has 2 saturated heterocycles. The van der Waals surface area contributed by atoms with Gasteiger partial charge in [-0.2, -0.15) is 0 Å². The number of rotatable bonds is 4. The van der Waals surface area contributed by atoms with Crippen LogP contribution >= 0.6 is 23.2 Å². The van der Waals surface area contributed by atoms with Gasteiger partial charge in [-0.05, 0) is 36.6 Å². The average molecular weight is 424 g/mol. The zero-order chi connectivity index (χ0) is 19.9. The molecule has 0 unspecified atom stereocenters. The third-order valence-electron chi connectivity index (χ3n) is 5.36. The molecule has 152 valence electrons. The van der Waals surface area contributed by atoms with Crippen LogP contribution in [0.5, 0.6) is 0 Å². The van der Waals surface area contributed by atoms with E-state index in [1.54, 1.807) is 24.3 Å². The van der Waals surface area contributed by atoms with Gasteiger partial charge in [-0.1, -0.05) is 42.1 Å². The summed E-state index contributed by atoms with van der Waals surface area (Å²) in [5.41, 5.74) is 0.837. The van der Waals surface area contributed by atoms with Crippen molar-refractivity contribution in [2.24, 2.45) is 0 Å². The molecule has 0 aliphatic carbocycles. The molecule has 2 aliphatic rings. The van der Waals surface area contributed by atoms with Crippen molar-refractivity contribution in [1.82, 2.24) is 14.7 Å². The normalized spacial score (nSPS) is 19.1. The monoisotopic (exact) mass is 423 g/mol. The lowest BCUT2D eigenvalue weighted by atomic mass is 10.2. The summed E-state index contributed by atoms with van der Waals surface area (Å²) in [6.45, 7) is 4.96. The highest BCUT2D eigenvalue weighted by molar-refractivity contribution is 6.42. The number of piperazine rings is 1. The van der Waals surface area contributed by atoms with Crippen molar-refractivity contribution in [3.63, 3.8) is 0 Å². The standard InChI is InChI=1S/C21H27Cl2N3O2/c22-18-7-5-17(15-19(18)23)6-8-20(27)26-13-11-24(12-14-26)16-21(28)25-9-3-1-2-4-10-25/h5-8,15H,1-4,9-14,16H2. The minimum Gasteiger partial charge on any atom is -0.342 e. The van der Waals surface area contributed by atoms with E-state index >= 15 is 0 Å². The van der Waals surface area contributed by atoms with Crippen LogP contribution in [0.3, 0.4) is 0 Å². The molecule has 0 atom stereocenters. The molecule has 28 heavy (non-hydrogen) atoms. The van der Waals surface area contributed by atoms with Crippen LogP contribution in [0.2, 0.25) is 10.0 Å². The number of likely N-dealkylation sites (tertiary alicyclic amines) is 1. The van der Waals surface area contributed by atoms with Gasteiger partial charge in [0.05, 0.1) is 16.6 Å². The van der Waals surface area contributed by atoms with E-state index in [1.807, 2.05) is 15.9 Å². The third-order valence-corrected chi connectivity index (χ3v) is 6.10. The van der Waals surface area contributed by atoms with E-state index in [-0.39, 0.29) is 11.8 Å². The molecule has 2 heterocycles. The average Bonchev–Trinajstić information content (AvgIpc) is 2.99. The Morgan fingerprint density at radius 1 is 0.857 bits per heavy atom. The number of benzene rings is 1. The highest BCUT2D eigenvalue weighted by Crippen LogP contribution is 2.23. The van der Waals surface area contributed by atoms with Gasteiger partial charge in [0.25, 0.3) is 0 Å². The Balaban J connectivity index is 1.45. The summed E-state index contributed by atoms with van der Waals surface area (Å²) in [6, 6.07) is 5.28. The maximum absolute atomic E-state index is 12.5. The van der Waals surface area contributed by atoms with E-state index in [4.69, 9.17) is 23.2 Å². The summed E-state index contributed by atoms with van der Waals surface area (Å²) in [5.74, 6) is 0.200. The first-order valence-electron chi connectivity index (χ1n) is 9.95. The molecule has 1 aromatic carbocycles. The molecular weight excluding hydrogens is 397 g/mol. The molecular formula is C21H27Cl2N3O2. The fourth-order valence-electron chi connectivity index (χ4n) is 3.63. The summed E-state index contributed by atoms with van der Waals surface area (Å²) in [6.07, 6.45) is 7.98. The van der Waals surface area contributed by atoms with Gasteiger partial charge < -0.3 is 9.80 Å². The van der Waals surface area contributed by atoms with Crippen molar-refractivity contribution < 1.29 is 9.59 Å². The lowest BCUT2D eigenvalue weighted by Crippen LogP contribution is -2.51. The Kier molecular flexibility index (Phi) is 7.77. The minimum atomic E-state index is -0.0235. The van der Waals surface area contributed by atoms with E-state index in [1.165, 1.54) is 12.8 Å². The first-order chi connectivity index (χ1) is 13.5. The van der Waals surface area contributed by atoms with Crippen molar-refractivity contribution in [1.29, 1.82) is 0 Å². The topological polar surface area (TPSA) is 43.9 Å². The Hall–Kier alpha value is -1.56. The van der Waals surface area contributed by atoms with Crippen LogP contribution in [-0.4, -0.2) is 72.3 Å². The number of hydrogen-bond donors (Lipinski definition) is 0. The van der Waals surface area contributed by atoms with Gasteiger partial charge in [0.1, 0.15) is 0 Å². The zero-order valence-electron chi connectivity index (χ0n) is 16.1. The summed E-state index contributed by atoms with van der Waals surface area (Å²) in [4.78, 5) is 30.9. The zero-order valence-corrected chi connectivity index (χ0v) is 17.6. The number of nitrogens with zero attached hydrogens (tertiary/aromatic N) is 3. The second-order valence-electron chi connectivity index (χ2n) is 7.40. The molecule has 0 aromatic heterocycles. The molecule has 3 rings (SSSR count). The van der Waals surface area contributed by atoms with Crippen molar-refractivity contribution in [2.75, 3.05) is 45.8 Å². The van der Waals surface area contributed by atoms with Gasteiger partial charge >= 0.3 is 0 Å². The van der Waals surface area contributed by atoms with E-state index in [0.717, 1.165) is 44.6 Å². The fraction of sp³-hybridized carbons (Fsp3) is 0.524. The molecule has 0 bridgehead atoms. The second-order valence-corrected chi connectivity index (χ2v) is 8.22. The molecule has 1 aromatic rings. The molecule has 2 fully saturated rings. The van der Waals surface area contributed by atoms with Crippen LogP contribution < -0.4 is 0 Å². The number of carbonyl (C=O) groups is 2. The summed E-state index contributed by atoms with van der Waals surface area (Å²) >= 11 is 11.9. The van der Waals surface area contributed by atoms with Crippen LogP contribution in [0.4, 0.5) is 0 Å². The number of carbonyl (C=O) groups excluding carboxylic acids is 2. The van der Waals surface area contributed by atoms with Gasteiger partial charge in [-0.15, -0.1) is 0 Å². The highest BCUT2D eigenvalue weighted by atomic mass is 35.5. The number of hydrogen-bond acceptors (Lipinski definition) is 3. The summed E-state index contributed by atoms with van der Waals surface area (Å²) in [5, 5.41) is 0.968. The van der Waals surface area contributed by atoms with Gasteiger partial charge in [0, 0.05) is 45.3 Å². The van der Waals surface area contributed by atoms with Crippen molar-refractivity contribution in [3.05, 3.63) is 39.9 Å². The largest absolute Gasteiger partial charge is 0.342 e. The van der Waals surface area contributed by atoms with Crippen LogP contribution in [0.15, 0.2) is 24.3 Å². The predicted octanol–water partition coefficient (Wildman–Crippen LogP) is 3.55. The van der Waals surface area contributed by atoms with E-state index in [9.17, 15) is 9.59 Å². The molecule has 0 radical (unpaired) electrons. The summed E-state index contributed by atoms with van der Waals surface area (Å²) in [7, 11) is 0. The van der Waals surface area contributed by atoms with Crippen LogP contribution in [0.1, 0.15) is 31.2 Å². The highest BCUT2D eigenvalue weighted by Gasteiger charge is 2.23. The van der Waals surface area contributed by atoms with Gasteiger partial charge in [-0.3, -0.25) is 14.5 Å². The van der Waals surface area contributed by atoms with Crippen molar-refractivity contribution in [2.45, 2.75) is 25.7 Å². The number of amides is 2. The Morgan fingerprint density at radius 2 is 1.54 bits per heavy atom. The first-order valence-corrected chi connectivity index (χ1v) is 10.7. The molecule has 0 spiro atoms. The van der Waals surface area contributed by atoms with Crippen LogP contribution in [0, 0.1) is 0 Å². The van der Waals surface area contributed by atoms with Crippen LogP contribution in [0.25, 0.3) is 6.08 Å². The Morgan fingerprint density at radius 3 is 2.18 bits per heavy atom. The summed E-state index contributed by atoms with van der Waals surface area (Å²) < 4.78 is 0. The first kappa shape index (κ1) is 21.2. The molecule has 7 heteroatoms. The van der Waals surface area contributed by atoms with Gasteiger partial charge in [-0.25, -0.2) is 0 Å². The Labute approximate surface area is 176 Å². The lowest BCUT2D eigenvalue weighted by molar-refractivity contribution is -0.133. The smallest absolute Gasteiger partial charge is 0.246 e. The minimum absolute atomic E-state index is 0.0235. The predicted molar refractivity (Wildman–Crippen MR) is 114 cm³/mol. The number of halogens is 2. The van der Waals surface area contributed by atoms with Gasteiger partial charge in [0.2, 0.25) is 11.8 Å².